The van der Waals surface area contributed by atoms with Crippen LogP contribution in [0.5, 0.6) is 0 Å². The molecule has 0 aromatic heterocycles. The summed E-state index contributed by atoms with van der Waals surface area (Å²) in [6, 6.07) is 5.78. The summed E-state index contributed by atoms with van der Waals surface area (Å²) in [5.74, 6) is -0.272. The fraction of sp³-hybridized carbons (Fsp3) is 0.417. The van der Waals surface area contributed by atoms with Gasteiger partial charge in [-0.05, 0) is 31.0 Å². The second-order valence-electron chi connectivity index (χ2n) is 3.67. The Kier molecular flexibility index (Phi) is 4.76. The molecular weight excluding hydrogens is 207 g/mol. The van der Waals surface area contributed by atoms with Crippen LogP contribution in [0.4, 0.5) is 9.18 Å². The van der Waals surface area contributed by atoms with Crippen LogP contribution in [-0.4, -0.2) is 12.6 Å². The molecule has 0 unspecified atom stereocenters. The molecule has 0 saturated heterocycles. The fourth-order valence-electron chi connectivity index (χ4n) is 1.32. The number of nitrogens with one attached hydrogen (secondary N) is 2. The van der Waals surface area contributed by atoms with Crippen molar-refractivity contribution in [3.63, 3.8) is 0 Å². The molecule has 2 amide bonds. The number of rotatable bonds is 4. The number of amides is 2. The molecule has 0 aliphatic heterocycles. The maximum absolute atomic E-state index is 12.7. The van der Waals surface area contributed by atoms with Crippen molar-refractivity contribution in [3.05, 3.63) is 35.6 Å². The Labute approximate surface area is 95.0 Å². The lowest BCUT2D eigenvalue weighted by Gasteiger charge is -2.14. The zero-order valence-electron chi connectivity index (χ0n) is 9.59. The predicted molar refractivity (Wildman–Crippen MR) is 61.6 cm³/mol. The Morgan fingerprint density at radius 3 is 2.56 bits per heavy atom. The number of carbonyl (C=O) groups is 1. The molecule has 1 rings (SSSR count). The largest absolute Gasteiger partial charge is 0.338 e. The minimum Gasteiger partial charge on any atom is -0.338 e. The van der Waals surface area contributed by atoms with Crippen molar-refractivity contribution in [2.75, 3.05) is 6.54 Å². The lowest BCUT2D eigenvalue weighted by molar-refractivity contribution is 0.238. The molecule has 4 heteroatoms. The van der Waals surface area contributed by atoms with E-state index in [0.717, 1.165) is 12.0 Å². The Hall–Kier alpha value is -1.58. The number of hydrogen-bond donors (Lipinski definition) is 2. The predicted octanol–water partition coefficient (Wildman–Crippen LogP) is 2.60. The molecule has 1 aromatic rings. The summed E-state index contributed by atoms with van der Waals surface area (Å²) in [5.41, 5.74) is 0.882. The van der Waals surface area contributed by atoms with Gasteiger partial charge in [0.05, 0.1) is 6.04 Å². The number of urea groups is 1. The lowest BCUT2D eigenvalue weighted by atomic mass is 10.1. The van der Waals surface area contributed by atoms with Crippen LogP contribution in [0.1, 0.15) is 31.9 Å². The van der Waals surface area contributed by atoms with Crippen molar-refractivity contribution in [2.24, 2.45) is 0 Å². The van der Waals surface area contributed by atoms with E-state index in [1.165, 1.54) is 12.1 Å². The first kappa shape index (κ1) is 12.5. The molecule has 0 aliphatic carbocycles. The third-order valence-corrected chi connectivity index (χ3v) is 2.25. The maximum Gasteiger partial charge on any atom is 0.315 e. The summed E-state index contributed by atoms with van der Waals surface area (Å²) in [7, 11) is 0. The van der Waals surface area contributed by atoms with Crippen molar-refractivity contribution in [1.29, 1.82) is 0 Å². The van der Waals surface area contributed by atoms with E-state index < -0.39 is 0 Å². The highest BCUT2D eigenvalue weighted by atomic mass is 19.1. The smallest absolute Gasteiger partial charge is 0.315 e. The van der Waals surface area contributed by atoms with E-state index in [1.54, 1.807) is 12.1 Å². The Balaban J connectivity index is 2.48. The van der Waals surface area contributed by atoms with Crippen molar-refractivity contribution in [1.82, 2.24) is 10.6 Å². The first-order chi connectivity index (χ1) is 7.63. The lowest BCUT2D eigenvalue weighted by Crippen LogP contribution is -2.37. The number of carbonyl (C=O) groups excluding carboxylic acids is 1. The van der Waals surface area contributed by atoms with Crippen LogP contribution >= 0.6 is 0 Å². The average Bonchev–Trinajstić information content (AvgIpc) is 2.27. The van der Waals surface area contributed by atoms with Gasteiger partial charge < -0.3 is 10.6 Å². The van der Waals surface area contributed by atoms with Gasteiger partial charge >= 0.3 is 6.03 Å². The Morgan fingerprint density at radius 1 is 1.38 bits per heavy atom. The molecule has 0 radical (unpaired) electrons. The highest BCUT2D eigenvalue weighted by Gasteiger charge is 2.08. The molecule has 88 valence electrons. The number of halogens is 1. The van der Waals surface area contributed by atoms with E-state index in [9.17, 15) is 9.18 Å². The van der Waals surface area contributed by atoms with Gasteiger partial charge in [0.15, 0.2) is 0 Å². The Morgan fingerprint density at radius 2 is 2.00 bits per heavy atom. The van der Waals surface area contributed by atoms with Gasteiger partial charge in [0.25, 0.3) is 0 Å². The third-order valence-electron chi connectivity index (χ3n) is 2.25. The molecule has 0 spiro atoms. The molecule has 0 fully saturated rings. The summed E-state index contributed by atoms with van der Waals surface area (Å²) in [6.45, 7) is 4.50. The first-order valence-electron chi connectivity index (χ1n) is 5.43. The molecule has 2 N–H and O–H groups in total. The third kappa shape index (κ3) is 3.88. The molecule has 0 saturated carbocycles. The van der Waals surface area contributed by atoms with Crippen LogP contribution in [0.25, 0.3) is 0 Å². The van der Waals surface area contributed by atoms with E-state index in [0.29, 0.717) is 6.54 Å². The number of benzene rings is 1. The van der Waals surface area contributed by atoms with Crippen LogP contribution in [0.2, 0.25) is 0 Å². The van der Waals surface area contributed by atoms with Gasteiger partial charge in [0.2, 0.25) is 0 Å². The van der Waals surface area contributed by atoms with Gasteiger partial charge in [-0.3, -0.25) is 0 Å². The second kappa shape index (κ2) is 6.10. The minimum atomic E-state index is -0.272. The standard InChI is InChI=1S/C12H17FN2O/c1-3-8-14-12(16)15-9(2)10-4-6-11(13)7-5-10/h4-7,9H,3,8H2,1-2H3,(H2,14,15,16)/t9-/m0/s1. The zero-order chi connectivity index (χ0) is 12.0. The summed E-state index contributed by atoms with van der Waals surface area (Å²) in [5, 5.41) is 5.50. The van der Waals surface area contributed by atoms with Crippen molar-refractivity contribution >= 4 is 6.03 Å². The van der Waals surface area contributed by atoms with Gasteiger partial charge in [0.1, 0.15) is 5.82 Å². The van der Waals surface area contributed by atoms with Gasteiger partial charge in [-0.15, -0.1) is 0 Å². The molecule has 1 atom stereocenters. The average molecular weight is 224 g/mol. The summed E-state index contributed by atoms with van der Waals surface area (Å²) < 4.78 is 12.7. The van der Waals surface area contributed by atoms with Crippen molar-refractivity contribution in [3.8, 4) is 0 Å². The molecule has 1 aromatic carbocycles. The highest BCUT2D eigenvalue weighted by molar-refractivity contribution is 5.74. The molecule has 3 nitrogen and oxygen atoms in total. The first-order valence-corrected chi connectivity index (χ1v) is 5.43. The Bertz CT molecular complexity index is 337. The van der Waals surface area contributed by atoms with Gasteiger partial charge in [-0.25, -0.2) is 9.18 Å². The second-order valence-corrected chi connectivity index (χ2v) is 3.67. The van der Waals surface area contributed by atoms with Crippen LogP contribution < -0.4 is 10.6 Å². The van der Waals surface area contributed by atoms with Gasteiger partial charge in [-0.2, -0.15) is 0 Å². The van der Waals surface area contributed by atoms with Gasteiger partial charge in [-0.1, -0.05) is 19.1 Å². The van der Waals surface area contributed by atoms with E-state index in [4.69, 9.17) is 0 Å². The summed E-state index contributed by atoms with van der Waals surface area (Å²) in [6.07, 6.45) is 0.901. The maximum atomic E-state index is 12.7. The fourth-order valence-corrected chi connectivity index (χ4v) is 1.32. The number of hydrogen-bond acceptors (Lipinski definition) is 1. The molecule has 0 aliphatic rings. The minimum absolute atomic E-state index is 0.127. The van der Waals surface area contributed by atoms with Crippen molar-refractivity contribution in [2.45, 2.75) is 26.3 Å². The topological polar surface area (TPSA) is 41.1 Å². The SMILES string of the molecule is CCCNC(=O)N[C@@H](C)c1ccc(F)cc1. The molecular formula is C12H17FN2O. The normalized spacial score (nSPS) is 11.9. The molecule has 0 heterocycles. The van der Waals surface area contributed by atoms with Crippen LogP contribution in [0, 0.1) is 5.82 Å². The van der Waals surface area contributed by atoms with E-state index in [2.05, 4.69) is 10.6 Å². The van der Waals surface area contributed by atoms with Crippen molar-refractivity contribution < 1.29 is 9.18 Å². The van der Waals surface area contributed by atoms with Crippen LogP contribution in [0.3, 0.4) is 0 Å². The van der Waals surface area contributed by atoms with E-state index in [-0.39, 0.29) is 17.9 Å². The summed E-state index contributed by atoms with van der Waals surface area (Å²) >= 11 is 0. The monoisotopic (exact) mass is 224 g/mol. The van der Waals surface area contributed by atoms with E-state index >= 15 is 0 Å². The quantitative estimate of drug-likeness (QED) is 0.811. The van der Waals surface area contributed by atoms with E-state index in [1.807, 2.05) is 13.8 Å². The van der Waals surface area contributed by atoms with Crippen LogP contribution in [0.15, 0.2) is 24.3 Å². The molecule has 0 bridgehead atoms. The van der Waals surface area contributed by atoms with Gasteiger partial charge in [0, 0.05) is 6.54 Å². The van der Waals surface area contributed by atoms with Crippen LogP contribution in [-0.2, 0) is 0 Å². The highest BCUT2D eigenvalue weighted by Crippen LogP contribution is 2.12. The zero-order valence-corrected chi connectivity index (χ0v) is 9.59. The molecule has 16 heavy (non-hydrogen) atoms. The summed E-state index contributed by atoms with van der Waals surface area (Å²) in [4.78, 5) is 11.4.